The highest BCUT2D eigenvalue weighted by molar-refractivity contribution is 5.87. The number of hydrogen-bond acceptors (Lipinski definition) is 4. The first-order valence-corrected chi connectivity index (χ1v) is 5.19. The van der Waals surface area contributed by atoms with Gasteiger partial charge in [0.25, 0.3) is 0 Å². The lowest BCUT2D eigenvalue weighted by molar-refractivity contribution is 0.0696. The zero-order valence-corrected chi connectivity index (χ0v) is 9.60. The summed E-state index contributed by atoms with van der Waals surface area (Å²) in [6.45, 7) is 4.97. The van der Waals surface area contributed by atoms with Gasteiger partial charge in [-0.25, -0.2) is 4.79 Å². The molecular formula is C11H17NO4. The van der Waals surface area contributed by atoms with Gasteiger partial charge in [-0.2, -0.15) is 0 Å². The molecule has 0 amide bonds. The third kappa shape index (κ3) is 3.67. The number of carboxylic acid groups (broad SMARTS) is 1. The molecule has 1 heterocycles. The third-order valence-corrected chi connectivity index (χ3v) is 2.34. The van der Waals surface area contributed by atoms with Gasteiger partial charge in [-0.3, -0.25) is 4.90 Å². The van der Waals surface area contributed by atoms with Gasteiger partial charge in [0, 0.05) is 13.7 Å². The molecule has 5 nitrogen and oxygen atoms in total. The van der Waals surface area contributed by atoms with Crippen molar-refractivity contribution in [3.8, 4) is 0 Å². The molecule has 0 saturated heterocycles. The molecule has 0 spiro atoms. The highest BCUT2D eigenvalue weighted by atomic mass is 16.5. The summed E-state index contributed by atoms with van der Waals surface area (Å²) in [5.74, 6) is -0.301. The number of carbonyl (C=O) groups is 1. The monoisotopic (exact) mass is 227 g/mol. The van der Waals surface area contributed by atoms with Crippen LogP contribution in [0.2, 0.25) is 0 Å². The zero-order chi connectivity index (χ0) is 12.0. The minimum absolute atomic E-state index is 0.192. The van der Waals surface area contributed by atoms with Crippen LogP contribution in [0.15, 0.2) is 16.7 Å². The van der Waals surface area contributed by atoms with Crippen molar-refractivity contribution < 1.29 is 19.1 Å². The Morgan fingerprint density at radius 3 is 2.88 bits per heavy atom. The third-order valence-electron chi connectivity index (χ3n) is 2.34. The van der Waals surface area contributed by atoms with Gasteiger partial charge in [-0.1, -0.05) is 6.92 Å². The minimum atomic E-state index is -0.963. The fourth-order valence-corrected chi connectivity index (χ4v) is 1.37. The molecule has 90 valence electrons. The summed E-state index contributed by atoms with van der Waals surface area (Å²) in [5, 5.41) is 8.74. The van der Waals surface area contributed by atoms with Crippen LogP contribution in [0.1, 0.15) is 23.0 Å². The molecule has 1 N–H and O–H groups in total. The number of nitrogens with zero attached hydrogens (tertiary/aromatic N) is 1. The molecule has 0 fully saturated rings. The van der Waals surface area contributed by atoms with Crippen LogP contribution in [0.5, 0.6) is 0 Å². The Kier molecular flexibility index (Phi) is 5.01. The van der Waals surface area contributed by atoms with Crippen LogP contribution in [0, 0.1) is 0 Å². The van der Waals surface area contributed by atoms with Crippen molar-refractivity contribution in [3.05, 3.63) is 23.7 Å². The van der Waals surface area contributed by atoms with E-state index in [9.17, 15) is 4.79 Å². The second-order valence-electron chi connectivity index (χ2n) is 3.47. The highest BCUT2D eigenvalue weighted by Gasteiger charge is 2.10. The van der Waals surface area contributed by atoms with Crippen LogP contribution in [-0.4, -0.2) is 42.8 Å². The van der Waals surface area contributed by atoms with Gasteiger partial charge < -0.3 is 14.3 Å². The zero-order valence-electron chi connectivity index (χ0n) is 9.60. The molecule has 0 unspecified atom stereocenters. The largest absolute Gasteiger partial charge is 0.478 e. The van der Waals surface area contributed by atoms with E-state index < -0.39 is 5.97 Å². The smallest absolute Gasteiger partial charge is 0.338 e. The number of rotatable bonds is 7. The molecular weight excluding hydrogens is 210 g/mol. The molecule has 0 atom stereocenters. The van der Waals surface area contributed by atoms with Crippen LogP contribution in [0.3, 0.4) is 0 Å². The first kappa shape index (κ1) is 12.7. The number of methoxy groups -OCH3 is 1. The van der Waals surface area contributed by atoms with E-state index in [0.717, 1.165) is 13.1 Å². The standard InChI is InChI=1S/C11H17NO4/c1-3-12(4-5-15-2)7-10-6-9(8-16-10)11(13)14/h6,8H,3-5,7H2,1-2H3,(H,13,14). The number of likely N-dealkylation sites (N-methyl/N-ethyl adjacent to an activating group) is 1. The fourth-order valence-electron chi connectivity index (χ4n) is 1.37. The van der Waals surface area contributed by atoms with Crippen molar-refractivity contribution >= 4 is 5.97 Å². The van der Waals surface area contributed by atoms with Gasteiger partial charge in [0.1, 0.15) is 12.0 Å². The van der Waals surface area contributed by atoms with E-state index in [1.54, 1.807) is 13.2 Å². The lowest BCUT2D eigenvalue weighted by atomic mass is 10.3. The summed E-state index contributed by atoms with van der Waals surface area (Å²) in [6.07, 6.45) is 1.27. The highest BCUT2D eigenvalue weighted by Crippen LogP contribution is 2.10. The first-order chi connectivity index (χ1) is 7.67. The SMILES string of the molecule is CCN(CCOC)Cc1cc(C(=O)O)co1. The van der Waals surface area contributed by atoms with Crippen molar-refractivity contribution in [2.45, 2.75) is 13.5 Å². The molecule has 0 radical (unpaired) electrons. The summed E-state index contributed by atoms with van der Waals surface area (Å²) in [7, 11) is 1.66. The van der Waals surface area contributed by atoms with Crippen LogP contribution in [0.25, 0.3) is 0 Å². The van der Waals surface area contributed by atoms with E-state index in [0.29, 0.717) is 18.9 Å². The molecule has 1 aromatic heterocycles. The Morgan fingerprint density at radius 1 is 1.62 bits per heavy atom. The van der Waals surface area contributed by atoms with E-state index in [1.807, 2.05) is 6.92 Å². The van der Waals surface area contributed by atoms with Crippen molar-refractivity contribution in [1.29, 1.82) is 0 Å². The van der Waals surface area contributed by atoms with E-state index in [1.165, 1.54) is 6.26 Å². The van der Waals surface area contributed by atoms with Gasteiger partial charge in [-0.05, 0) is 12.6 Å². The number of carboxylic acids is 1. The van der Waals surface area contributed by atoms with Gasteiger partial charge in [0.2, 0.25) is 0 Å². The summed E-state index contributed by atoms with van der Waals surface area (Å²) in [6, 6.07) is 1.55. The second-order valence-corrected chi connectivity index (χ2v) is 3.47. The maximum absolute atomic E-state index is 10.6. The fraction of sp³-hybridized carbons (Fsp3) is 0.545. The Hall–Kier alpha value is -1.33. The molecule has 0 aromatic carbocycles. The topological polar surface area (TPSA) is 62.9 Å². The number of aromatic carboxylic acids is 1. The van der Waals surface area contributed by atoms with Crippen molar-refractivity contribution in [3.63, 3.8) is 0 Å². The summed E-state index contributed by atoms with van der Waals surface area (Å²) in [4.78, 5) is 12.8. The quantitative estimate of drug-likeness (QED) is 0.763. The van der Waals surface area contributed by atoms with Crippen LogP contribution >= 0.6 is 0 Å². The number of hydrogen-bond donors (Lipinski definition) is 1. The van der Waals surface area contributed by atoms with Crippen molar-refractivity contribution in [2.24, 2.45) is 0 Å². The summed E-state index contributed by atoms with van der Waals surface area (Å²) in [5.41, 5.74) is 0.192. The van der Waals surface area contributed by atoms with E-state index in [-0.39, 0.29) is 5.56 Å². The second kappa shape index (κ2) is 6.30. The van der Waals surface area contributed by atoms with Gasteiger partial charge >= 0.3 is 5.97 Å². The Balaban J connectivity index is 2.52. The lowest BCUT2D eigenvalue weighted by Gasteiger charge is -2.17. The maximum atomic E-state index is 10.6. The molecule has 16 heavy (non-hydrogen) atoms. The number of ether oxygens (including phenoxy) is 1. The average Bonchev–Trinajstić information content (AvgIpc) is 2.72. The predicted molar refractivity (Wildman–Crippen MR) is 58.5 cm³/mol. The normalized spacial score (nSPS) is 10.9. The Bertz CT molecular complexity index is 334. The molecule has 0 aliphatic heterocycles. The molecule has 0 aliphatic carbocycles. The van der Waals surface area contributed by atoms with Crippen LogP contribution in [0.4, 0.5) is 0 Å². The van der Waals surface area contributed by atoms with Crippen LogP contribution in [-0.2, 0) is 11.3 Å². The Labute approximate surface area is 94.6 Å². The predicted octanol–water partition coefficient (Wildman–Crippen LogP) is 1.45. The molecule has 1 aromatic rings. The van der Waals surface area contributed by atoms with Crippen LogP contribution < -0.4 is 0 Å². The molecule has 1 rings (SSSR count). The van der Waals surface area contributed by atoms with E-state index in [4.69, 9.17) is 14.3 Å². The van der Waals surface area contributed by atoms with Gasteiger partial charge in [-0.15, -0.1) is 0 Å². The number of furan rings is 1. The molecule has 0 saturated carbocycles. The summed E-state index contributed by atoms with van der Waals surface area (Å²) < 4.78 is 10.2. The summed E-state index contributed by atoms with van der Waals surface area (Å²) >= 11 is 0. The van der Waals surface area contributed by atoms with E-state index >= 15 is 0 Å². The molecule has 5 heteroatoms. The first-order valence-electron chi connectivity index (χ1n) is 5.19. The minimum Gasteiger partial charge on any atom is -0.478 e. The van der Waals surface area contributed by atoms with Gasteiger partial charge in [0.15, 0.2) is 0 Å². The van der Waals surface area contributed by atoms with E-state index in [2.05, 4.69) is 4.90 Å². The lowest BCUT2D eigenvalue weighted by Crippen LogP contribution is -2.26. The maximum Gasteiger partial charge on any atom is 0.338 e. The van der Waals surface area contributed by atoms with Crippen molar-refractivity contribution in [2.75, 3.05) is 26.8 Å². The molecule has 0 bridgehead atoms. The average molecular weight is 227 g/mol. The Morgan fingerprint density at radius 2 is 2.38 bits per heavy atom. The van der Waals surface area contributed by atoms with Gasteiger partial charge in [0.05, 0.1) is 18.7 Å². The van der Waals surface area contributed by atoms with Crippen molar-refractivity contribution in [1.82, 2.24) is 4.90 Å². The molecule has 0 aliphatic rings.